The quantitative estimate of drug-likeness (QED) is 0.449. The van der Waals surface area contributed by atoms with Crippen LogP contribution in [0.25, 0.3) is 0 Å². The fourth-order valence-electron chi connectivity index (χ4n) is 0.356. The van der Waals surface area contributed by atoms with E-state index < -0.39 is 0 Å². The lowest BCUT2D eigenvalue weighted by Crippen LogP contribution is -1.75. The lowest BCUT2D eigenvalue weighted by molar-refractivity contribution is 0.410. The second-order valence-electron chi connectivity index (χ2n) is 1.43. The van der Waals surface area contributed by atoms with Crippen molar-refractivity contribution in [3.63, 3.8) is 0 Å². The molecule has 1 heteroatoms. The Morgan fingerprint density at radius 3 is 2.83 bits per heavy atom. The Kier molecular flexibility index (Phi) is 0.926. The molecule has 0 aromatic heterocycles. The first kappa shape index (κ1) is 3.88. The van der Waals surface area contributed by atoms with Gasteiger partial charge in [0.15, 0.2) is 0 Å². The van der Waals surface area contributed by atoms with Gasteiger partial charge in [0.05, 0.1) is 12.7 Å². The average Bonchev–Trinajstić information content (AvgIpc) is 2.21. The molecule has 0 spiro atoms. The summed E-state index contributed by atoms with van der Waals surface area (Å²) in [6, 6.07) is 0. The minimum Gasteiger partial charge on any atom is -0.373 e. The van der Waals surface area contributed by atoms with Crippen molar-refractivity contribution in [2.24, 2.45) is 0 Å². The van der Waals surface area contributed by atoms with Gasteiger partial charge in [-0.3, -0.25) is 0 Å². The molecular formula is C5H7O. The molecule has 6 heavy (non-hydrogen) atoms. The van der Waals surface area contributed by atoms with E-state index in [1.165, 1.54) is 0 Å². The third-order valence-corrected chi connectivity index (χ3v) is 0.801. The molecule has 1 heterocycles. The van der Waals surface area contributed by atoms with Crippen molar-refractivity contribution in [1.82, 2.24) is 0 Å². The molecule has 1 fully saturated rings. The molecule has 0 aromatic rings. The van der Waals surface area contributed by atoms with Crippen molar-refractivity contribution in [1.29, 1.82) is 0 Å². The molecule has 0 bridgehead atoms. The van der Waals surface area contributed by atoms with E-state index in [4.69, 9.17) is 11.3 Å². The summed E-state index contributed by atoms with van der Waals surface area (Å²) >= 11 is 0. The average molecular weight is 83.1 g/mol. The normalized spacial score (nSPS) is 29.7. The van der Waals surface area contributed by atoms with Gasteiger partial charge in [0, 0.05) is 0 Å². The van der Waals surface area contributed by atoms with Crippen LogP contribution >= 0.6 is 0 Å². The van der Waals surface area contributed by atoms with Crippen LogP contribution < -0.4 is 0 Å². The van der Waals surface area contributed by atoms with Gasteiger partial charge in [-0.25, -0.2) is 0 Å². The van der Waals surface area contributed by atoms with E-state index in [1.54, 1.807) is 6.08 Å². The summed E-state index contributed by atoms with van der Waals surface area (Å²) in [5.41, 5.74) is 0. The Balaban J connectivity index is 2.00. The molecule has 1 saturated heterocycles. The Bertz CT molecular complexity index is 55.0. The van der Waals surface area contributed by atoms with Gasteiger partial charge < -0.3 is 4.74 Å². The Hall–Kier alpha value is -0.300. The van der Waals surface area contributed by atoms with E-state index >= 15 is 0 Å². The van der Waals surface area contributed by atoms with E-state index in [0.29, 0.717) is 6.10 Å². The summed E-state index contributed by atoms with van der Waals surface area (Å²) in [6.07, 6.45) is 3.02. The molecule has 0 N–H and O–H groups in total. The zero-order valence-corrected chi connectivity index (χ0v) is 3.55. The van der Waals surface area contributed by atoms with Gasteiger partial charge in [-0.2, -0.15) is 0 Å². The van der Waals surface area contributed by atoms with Crippen LogP contribution in [0.2, 0.25) is 0 Å². The third-order valence-electron chi connectivity index (χ3n) is 0.801. The van der Waals surface area contributed by atoms with Gasteiger partial charge in [-0.05, 0) is 6.42 Å². The number of rotatable bonds is 2. The van der Waals surface area contributed by atoms with Crippen LogP contribution in [0.3, 0.4) is 0 Å². The minimum atomic E-state index is 0.468. The number of hydrogen-bond donors (Lipinski definition) is 0. The maximum absolute atomic E-state index is 5.06. The summed E-state index contributed by atoms with van der Waals surface area (Å²) in [5.74, 6) is 0. The monoisotopic (exact) mass is 83.0 g/mol. The highest BCUT2D eigenvalue weighted by Gasteiger charge is 2.19. The Morgan fingerprint density at radius 2 is 2.67 bits per heavy atom. The molecule has 1 nitrogen and oxygen atoms in total. The summed E-state index contributed by atoms with van der Waals surface area (Å²) in [6.45, 7) is 5.97. The predicted octanol–water partition coefficient (Wildman–Crippen LogP) is 0.764. The van der Waals surface area contributed by atoms with Crippen molar-refractivity contribution >= 4 is 0 Å². The van der Waals surface area contributed by atoms with Crippen molar-refractivity contribution < 1.29 is 4.74 Å². The van der Waals surface area contributed by atoms with Crippen LogP contribution in [0.4, 0.5) is 0 Å². The summed E-state index contributed by atoms with van der Waals surface area (Å²) in [5, 5.41) is 0. The number of hydrogen-bond acceptors (Lipinski definition) is 1. The molecule has 33 valence electrons. The topological polar surface area (TPSA) is 12.5 Å². The van der Waals surface area contributed by atoms with E-state index in [2.05, 4.69) is 0 Å². The molecule has 0 aromatic carbocycles. The van der Waals surface area contributed by atoms with Crippen molar-refractivity contribution in [3.05, 3.63) is 12.7 Å². The van der Waals surface area contributed by atoms with Crippen LogP contribution in [-0.2, 0) is 4.74 Å². The molecule has 1 radical (unpaired) electrons. The highest BCUT2D eigenvalue weighted by atomic mass is 16.6. The zero-order chi connectivity index (χ0) is 4.41. The van der Waals surface area contributed by atoms with E-state index in [-0.39, 0.29) is 0 Å². The van der Waals surface area contributed by atoms with Gasteiger partial charge in [0.25, 0.3) is 0 Å². The molecule has 1 aliphatic rings. The fourth-order valence-corrected chi connectivity index (χ4v) is 0.356. The first-order valence-electron chi connectivity index (χ1n) is 2.08. The molecule has 0 aliphatic carbocycles. The molecule has 0 saturated carbocycles. The summed E-state index contributed by atoms with van der Waals surface area (Å²) in [7, 11) is 0. The van der Waals surface area contributed by atoms with Gasteiger partial charge in [0.1, 0.15) is 0 Å². The van der Waals surface area contributed by atoms with Gasteiger partial charge in [0.2, 0.25) is 0 Å². The highest BCUT2D eigenvalue weighted by Crippen LogP contribution is 2.12. The maximum Gasteiger partial charge on any atom is 0.0844 e. The molecule has 0 amide bonds. The second-order valence-corrected chi connectivity index (χ2v) is 1.43. The van der Waals surface area contributed by atoms with Gasteiger partial charge in [-0.1, -0.05) is 12.7 Å². The van der Waals surface area contributed by atoms with Crippen LogP contribution in [-0.4, -0.2) is 12.7 Å². The highest BCUT2D eigenvalue weighted by molar-refractivity contribution is 4.77. The van der Waals surface area contributed by atoms with E-state index in [0.717, 1.165) is 13.0 Å². The van der Waals surface area contributed by atoms with Crippen LogP contribution in [0.1, 0.15) is 6.42 Å². The smallest absolute Gasteiger partial charge is 0.0844 e. The number of epoxide rings is 1. The summed E-state index contributed by atoms with van der Waals surface area (Å²) in [4.78, 5) is 0. The second kappa shape index (κ2) is 1.43. The van der Waals surface area contributed by atoms with Gasteiger partial charge in [-0.15, -0.1) is 0 Å². The Morgan fingerprint density at radius 1 is 2.00 bits per heavy atom. The van der Waals surface area contributed by atoms with Crippen molar-refractivity contribution in [3.8, 4) is 0 Å². The largest absolute Gasteiger partial charge is 0.373 e. The third kappa shape index (κ3) is 0.830. The van der Waals surface area contributed by atoms with Crippen molar-refractivity contribution in [2.75, 3.05) is 6.61 Å². The van der Waals surface area contributed by atoms with Crippen molar-refractivity contribution in [2.45, 2.75) is 12.5 Å². The van der Waals surface area contributed by atoms with E-state index in [1.807, 2.05) is 0 Å². The minimum absolute atomic E-state index is 0.468. The first-order valence-corrected chi connectivity index (χ1v) is 2.08. The summed E-state index contributed by atoms with van der Waals surface area (Å²) < 4.78 is 4.84. The van der Waals surface area contributed by atoms with Gasteiger partial charge >= 0.3 is 0 Å². The fraction of sp³-hybridized carbons (Fsp3) is 0.600. The molecule has 1 aliphatic heterocycles. The number of ether oxygens (including phenoxy) is 1. The van der Waals surface area contributed by atoms with Crippen LogP contribution in [0.5, 0.6) is 0 Å². The van der Waals surface area contributed by atoms with Crippen LogP contribution in [0.15, 0.2) is 6.08 Å². The predicted molar refractivity (Wildman–Crippen MR) is 23.2 cm³/mol. The lowest BCUT2D eigenvalue weighted by Gasteiger charge is -1.73. The standard InChI is InChI=1S/C5H7O/c1-2-3-5-4-6-5/h1-2,5H,3-4H2. The molecule has 1 atom stereocenters. The lowest BCUT2D eigenvalue weighted by atomic mass is 10.3. The molecule has 1 unspecified atom stereocenters. The van der Waals surface area contributed by atoms with Crippen LogP contribution in [0, 0.1) is 6.58 Å². The SMILES string of the molecule is [CH]=CCC1CO1. The Labute approximate surface area is 37.6 Å². The zero-order valence-electron chi connectivity index (χ0n) is 3.55. The molecular weight excluding hydrogens is 76.1 g/mol. The molecule has 1 rings (SSSR count). The van der Waals surface area contributed by atoms with E-state index in [9.17, 15) is 0 Å². The maximum atomic E-state index is 5.06. The first-order chi connectivity index (χ1) is 2.93.